The number of anilines is 2. The van der Waals surface area contributed by atoms with Crippen LogP contribution in [0.15, 0.2) is 57.9 Å². The van der Waals surface area contributed by atoms with Crippen LogP contribution in [0.3, 0.4) is 0 Å². The van der Waals surface area contributed by atoms with Crippen LogP contribution >= 0.6 is 11.8 Å². The smallest absolute Gasteiger partial charge is 0.256 e. The first kappa shape index (κ1) is 19.7. The van der Waals surface area contributed by atoms with E-state index in [0.717, 1.165) is 21.9 Å². The quantitative estimate of drug-likeness (QED) is 0.586. The predicted octanol–water partition coefficient (Wildman–Crippen LogP) is 4.79. The van der Waals surface area contributed by atoms with Crippen LogP contribution < -0.4 is 10.6 Å². The molecule has 2 aromatic carbocycles. The van der Waals surface area contributed by atoms with Crippen molar-refractivity contribution in [3.63, 3.8) is 0 Å². The molecule has 6 nitrogen and oxygen atoms in total. The molecule has 0 unspecified atom stereocenters. The van der Waals surface area contributed by atoms with Gasteiger partial charge >= 0.3 is 0 Å². The standard InChI is InChI=1S/C21H21N3O3S/c1-13-19(14(2)27-24-13)12-28-20-7-5-4-6-18(20)21(26)23-17-10-8-16(9-11-17)22-15(3)25/h4-11H,12H2,1-3H3,(H,22,25)(H,23,26). The third-order valence-corrected chi connectivity index (χ3v) is 5.25. The highest BCUT2D eigenvalue weighted by molar-refractivity contribution is 7.98. The van der Waals surface area contributed by atoms with Crippen molar-refractivity contribution in [2.24, 2.45) is 0 Å². The monoisotopic (exact) mass is 395 g/mol. The van der Waals surface area contributed by atoms with E-state index in [1.165, 1.54) is 6.92 Å². The molecule has 3 rings (SSSR count). The zero-order valence-electron chi connectivity index (χ0n) is 15.9. The zero-order chi connectivity index (χ0) is 20.1. The average Bonchev–Trinajstić information content (AvgIpc) is 2.99. The Morgan fingerprint density at radius 1 is 1.00 bits per heavy atom. The van der Waals surface area contributed by atoms with Crippen molar-refractivity contribution < 1.29 is 14.1 Å². The SMILES string of the molecule is CC(=O)Nc1ccc(NC(=O)c2ccccc2SCc2c(C)noc2C)cc1. The molecule has 3 aromatic rings. The van der Waals surface area contributed by atoms with Crippen molar-refractivity contribution in [2.45, 2.75) is 31.4 Å². The Balaban J connectivity index is 1.71. The van der Waals surface area contributed by atoms with E-state index in [1.807, 2.05) is 32.0 Å². The summed E-state index contributed by atoms with van der Waals surface area (Å²) in [5.74, 6) is 1.15. The second-order valence-corrected chi connectivity index (χ2v) is 7.32. The van der Waals surface area contributed by atoms with Crippen LogP contribution in [0.4, 0.5) is 11.4 Å². The fraction of sp³-hybridized carbons (Fsp3) is 0.190. The minimum atomic E-state index is -0.186. The molecule has 1 heterocycles. The summed E-state index contributed by atoms with van der Waals surface area (Å²) in [5.41, 5.74) is 3.86. The number of hydrogen-bond donors (Lipinski definition) is 2. The minimum absolute atomic E-state index is 0.138. The third kappa shape index (κ3) is 4.80. The number of carbonyl (C=O) groups is 2. The van der Waals surface area contributed by atoms with Crippen LogP contribution in [0.2, 0.25) is 0 Å². The van der Waals surface area contributed by atoms with Crippen molar-refractivity contribution in [1.82, 2.24) is 5.16 Å². The molecule has 0 radical (unpaired) electrons. The number of amides is 2. The van der Waals surface area contributed by atoms with Gasteiger partial charge in [0.2, 0.25) is 5.91 Å². The maximum Gasteiger partial charge on any atom is 0.256 e. The second-order valence-electron chi connectivity index (χ2n) is 6.30. The molecule has 2 N–H and O–H groups in total. The van der Waals surface area contributed by atoms with Crippen LogP contribution in [0.5, 0.6) is 0 Å². The van der Waals surface area contributed by atoms with Gasteiger partial charge in [-0.2, -0.15) is 0 Å². The Morgan fingerprint density at radius 2 is 1.64 bits per heavy atom. The molecule has 0 bridgehead atoms. The van der Waals surface area contributed by atoms with E-state index in [0.29, 0.717) is 22.7 Å². The van der Waals surface area contributed by atoms with Crippen molar-refractivity contribution in [3.05, 3.63) is 71.1 Å². The Kier molecular flexibility index (Phi) is 6.16. The topological polar surface area (TPSA) is 84.2 Å². The summed E-state index contributed by atoms with van der Waals surface area (Å²) in [4.78, 5) is 24.7. The molecule has 0 spiro atoms. The number of carbonyl (C=O) groups excluding carboxylic acids is 2. The van der Waals surface area contributed by atoms with E-state index in [9.17, 15) is 9.59 Å². The van der Waals surface area contributed by atoms with Crippen LogP contribution in [0.25, 0.3) is 0 Å². The highest BCUT2D eigenvalue weighted by Gasteiger charge is 2.14. The van der Waals surface area contributed by atoms with Gasteiger partial charge in [-0.05, 0) is 50.2 Å². The summed E-state index contributed by atoms with van der Waals surface area (Å²) < 4.78 is 5.21. The van der Waals surface area contributed by atoms with E-state index in [4.69, 9.17) is 4.52 Å². The highest BCUT2D eigenvalue weighted by Crippen LogP contribution is 2.29. The molecular formula is C21H21N3O3S. The lowest BCUT2D eigenvalue weighted by Crippen LogP contribution is -2.13. The molecule has 2 amide bonds. The first-order valence-corrected chi connectivity index (χ1v) is 9.75. The molecule has 0 aliphatic heterocycles. The Morgan fingerprint density at radius 3 is 2.25 bits per heavy atom. The van der Waals surface area contributed by atoms with Gasteiger partial charge in [-0.3, -0.25) is 9.59 Å². The van der Waals surface area contributed by atoms with Gasteiger partial charge in [-0.25, -0.2) is 0 Å². The molecule has 7 heteroatoms. The fourth-order valence-electron chi connectivity index (χ4n) is 2.68. The number of thioether (sulfide) groups is 1. The van der Waals surface area contributed by atoms with Crippen LogP contribution in [0.1, 0.15) is 34.3 Å². The molecule has 144 valence electrons. The van der Waals surface area contributed by atoms with Gasteiger partial charge in [-0.1, -0.05) is 17.3 Å². The van der Waals surface area contributed by atoms with Crippen LogP contribution in [-0.2, 0) is 10.5 Å². The Bertz CT molecular complexity index is 977. The Hall–Kier alpha value is -3.06. The number of hydrogen-bond acceptors (Lipinski definition) is 5. The first-order chi connectivity index (χ1) is 13.4. The van der Waals surface area contributed by atoms with Crippen molar-refractivity contribution >= 4 is 35.0 Å². The van der Waals surface area contributed by atoms with Crippen molar-refractivity contribution in [1.29, 1.82) is 0 Å². The lowest BCUT2D eigenvalue weighted by atomic mass is 10.2. The lowest BCUT2D eigenvalue weighted by Gasteiger charge is -2.10. The molecule has 1 aromatic heterocycles. The van der Waals surface area contributed by atoms with Crippen molar-refractivity contribution in [2.75, 3.05) is 10.6 Å². The van der Waals surface area contributed by atoms with E-state index in [-0.39, 0.29) is 11.8 Å². The summed E-state index contributed by atoms with van der Waals surface area (Å²) >= 11 is 1.57. The van der Waals surface area contributed by atoms with E-state index in [2.05, 4.69) is 15.8 Å². The van der Waals surface area contributed by atoms with Crippen LogP contribution in [0, 0.1) is 13.8 Å². The number of nitrogens with one attached hydrogen (secondary N) is 2. The van der Waals surface area contributed by atoms with E-state index >= 15 is 0 Å². The number of aromatic nitrogens is 1. The number of benzene rings is 2. The van der Waals surface area contributed by atoms with Gasteiger partial charge in [-0.15, -0.1) is 11.8 Å². The van der Waals surface area contributed by atoms with Gasteiger partial charge in [0.15, 0.2) is 0 Å². The normalized spacial score (nSPS) is 10.5. The van der Waals surface area contributed by atoms with Gasteiger partial charge in [0.1, 0.15) is 5.76 Å². The molecule has 0 saturated carbocycles. The molecule has 28 heavy (non-hydrogen) atoms. The maximum atomic E-state index is 12.8. The number of aryl methyl sites for hydroxylation is 2. The summed E-state index contributed by atoms with van der Waals surface area (Å²) in [6.07, 6.45) is 0. The third-order valence-electron chi connectivity index (χ3n) is 4.15. The summed E-state index contributed by atoms with van der Waals surface area (Å²) in [6.45, 7) is 5.25. The average molecular weight is 395 g/mol. The Labute approximate surface area is 167 Å². The molecule has 0 atom stereocenters. The predicted molar refractivity (Wildman–Crippen MR) is 111 cm³/mol. The maximum absolute atomic E-state index is 12.8. The molecule has 0 aliphatic rings. The molecular weight excluding hydrogens is 374 g/mol. The number of nitrogens with zero attached hydrogens (tertiary/aromatic N) is 1. The van der Waals surface area contributed by atoms with Crippen molar-refractivity contribution in [3.8, 4) is 0 Å². The highest BCUT2D eigenvalue weighted by atomic mass is 32.2. The van der Waals surface area contributed by atoms with E-state index in [1.54, 1.807) is 42.1 Å². The summed E-state index contributed by atoms with van der Waals surface area (Å²) in [7, 11) is 0. The lowest BCUT2D eigenvalue weighted by molar-refractivity contribution is -0.114. The summed E-state index contributed by atoms with van der Waals surface area (Å²) in [6, 6.07) is 14.5. The summed E-state index contributed by atoms with van der Waals surface area (Å²) in [5, 5.41) is 9.57. The van der Waals surface area contributed by atoms with Crippen LogP contribution in [-0.4, -0.2) is 17.0 Å². The van der Waals surface area contributed by atoms with Gasteiger partial charge in [0.05, 0.1) is 11.3 Å². The molecule has 0 fully saturated rings. The number of rotatable bonds is 6. The largest absolute Gasteiger partial charge is 0.361 e. The minimum Gasteiger partial charge on any atom is -0.361 e. The fourth-order valence-corrected chi connectivity index (χ4v) is 3.88. The van der Waals surface area contributed by atoms with Gasteiger partial charge in [0.25, 0.3) is 5.91 Å². The van der Waals surface area contributed by atoms with Gasteiger partial charge < -0.3 is 15.2 Å². The molecule has 0 aliphatic carbocycles. The second kappa shape index (κ2) is 8.75. The van der Waals surface area contributed by atoms with E-state index < -0.39 is 0 Å². The zero-order valence-corrected chi connectivity index (χ0v) is 16.7. The first-order valence-electron chi connectivity index (χ1n) is 8.76. The van der Waals surface area contributed by atoms with Gasteiger partial charge in [0, 0.05) is 34.5 Å². The molecule has 0 saturated heterocycles.